The molecule has 1 aliphatic rings. The largest absolute Gasteiger partial charge is 0.489 e. The van der Waals surface area contributed by atoms with Crippen LogP contribution in [0.3, 0.4) is 0 Å². The van der Waals surface area contributed by atoms with Crippen molar-refractivity contribution >= 4 is 0 Å². The molecule has 0 amide bonds. The molecule has 1 saturated heterocycles. The van der Waals surface area contributed by atoms with Crippen molar-refractivity contribution in [1.82, 2.24) is 5.32 Å². The number of ether oxygens (including phenoxy) is 1. The zero-order chi connectivity index (χ0) is 13.2. The summed E-state index contributed by atoms with van der Waals surface area (Å²) in [7, 11) is 0. The lowest BCUT2D eigenvalue weighted by Crippen LogP contribution is -2.37. The predicted molar refractivity (Wildman–Crippen MR) is 76.4 cm³/mol. The fraction of sp³-hybridized carbons (Fsp3) is 0.625. The molecule has 100 valence electrons. The fourth-order valence-corrected chi connectivity index (χ4v) is 2.43. The van der Waals surface area contributed by atoms with E-state index in [0.29, 0.717) is 6.10 Å². The zero-order valence-electron chi connectivity index (χ0n) is 12.0. The molecule has 0 aromatic heterocycles. The highest BCUT2D eigenvalue weighted by Gasteiger charge is 2.22. The number of aryl methyl sites for hydroxylation is 1. The third-order valence-corrected chi connectivity index (χ3v) is 3.49. The highest BCUT2D eigenvalue weighted by atomic mass is 16.5. The van der Waals surface area contributed by atoms with Crippen LogP contribution in [0.1, 0.15) is 44.7 Å². The topological polar surface area (TPSA) is 21.3 Å². The van der Waals surface area contributed by atoms with Crippen molar-refractivity contribution in [2.45, 2.75) is 52.1 Å². The molecule has 2 rings (SSSR count). The third kappa shape index (κ3) is 3.26. The van der Waals surface area contributed by atoms with Gasteiger partial charge in [0.25, 0.3) is 0 Å². The van der Waals surface area contributed by atoms with E-state index in [0.717, 1.165) is 25.3 Å². The van der Waals surface area contributed by atoms with E-state index in [4.69, 9.17) is 4.74 Å². The highest BCUT2D eigenvalue weighted by molar-refractivity contribution is 5.41. The first kappa shape index (κ1) is 13.4. The van der Waals surface area contributed by atoms with Crippen molar-refractivity contribution < 1.29 is 4.74 Å². The lowest BCUT2D eigenvalue weighted by atomic mass is 9.85. The molecule has 18 heavy (non-hydrogen) atoms. The maximum atomic E-state index is 6.21. The zero-order valence-corrected chi connectivity index (χ0v) is 12.0. The molecule has 0 saturated carbocycles. The summed E-state index contributed by atoms with van der Waals surface area (Å²) < 4.78 is 6.21. The van der Waals surface area contributed by atoms with Crippen molar-refractivity contribution in [2.75, 3.05) is 13.1 Å². The molecule has 1 atom stereocenters. The van der Waals surface area contributed by atoms with E-state index in [9.17, 15) is 0 Å². The number of piperidine rings is 1. The second kappa shape index (κ2) is 5.31. The Hall–Kier alpha value is -1.02. The van der Waals surface area contributed by atoms with Crippen molar-refractivity contribution in [3.8, 4) is 5.75 Å². The average molecular weight is 247 g/mol. The van der Waals surface area contributed by atoms with Crippen LogP contribution in [0.25, 0.3) is 0 Å². The van der Waals surface area contributed by atoms with E-state index in [-0.39, 0.29) is 5.41 Å². The van der Waals surface area contributed by atoms with Gasteiger partial charge in [0.15, 0.2) is 0 Å². The van der Waals surface area contributed by atoms with Gasteiger partial charge in [-0.3, -0.25) is 0 Å². The first-order chi connectivity index (χ1) is 8.47. The van der Waals surface area contributed by atoms with E-state index in [1.54, 1.807) is 0 Å². The van der Waals surface area contributed by atoms with Crippen LogP contribution < -0.4 is 10.1 Å². The Balaban J connectivity index is 2.21. The minimum absolute atomic E-state index is 0.128. The summed E-state index contributed by atoms with van der Waals surface area (Å²) in [6.45, 7) is 11.0. The SMILES string of the molecule is Cc1ccc(O[C@@H]2CCCNC2)c(C(C)(C)C)c1. The van der Waals surface area contributed by atoms with Gasteiger partial charge in [0.1, 0.15) is 11.9 Å². The van der Waals surface area contributed by atoms with Gasteiger partial charge < -0.3 is 10.1 Å². The summed E-state index contributed by atoms with van der Waals surface area (Å²) in [5.74, 6) is 1.06. The van der Waals surface area contributed by atoms with Gasteiger partial charge in [0.2, 0.25) is 0 Å². The molecule has 2 nitrogen and oxygen atoms in total. The van der Waals surface area contributed by atoms with Gasteiger partial charge in [-0.2, -0.15) is 0 Å². The van der Waals surface area contributed by atoms with E-state index in [2.05, 4.69) is 51.2 Å². The lowest BCUT2D eigenvalue weighted by Gasteiger charge is -2.28. The first-order valence-corrected chi connectivity index (χ1v) is 6.95. The van der Waals surface area contributed by atoms with E-state index in [1.807, 2.05) is 0 Å². The van der Waals surface area contributed by atoms with Gasteiger partial charge in [-0.1, -0.05) is 38.5 Å². The first-order valence-electron chi connectivity index (χ1n) is 6.95. The lowest BCUT2D eigenvalue weighted by molar-refractivity contribution is 0.164. The van der Waals surface area contributed by atoms with Gasteiger partial charge in [-0.25, -0.2) is 0 Å². The smallest absolute Gasteiger partial charge is 0.123 e. The summed E-state index contributed by atoms with van der Waals surface area (Å²) in [6.07, 6.45) is 2.69. The minimum Gasteiger partial charge on any atom is -0.489 e. The quantitative estimate of drug-likeness (QED) is 0.864. The molecule has 1 heterocycles. The molecular formula is C16H25NO. The Morgan fingerprint density at radius 2 is 2.06 bits per heavy atom. The standard InChI is InChI=1S/C16H25NO/c1-12-7-8-15(14(10-12)16(2,3)4)18-13-6-5-9-17-11-13/h7-8,10,13,17H,5-6,9,11H2,1-4H3/t13-/m1/s1. The summed E-state index contributed by atoms with van der Waals surface area (Å²) >= 11 is 0. The van der Waals surface area contributed by atoms with Crippen molar-refractivity contribution in [2.24, 2.45) is 0 Å². The summed E-state index contributed by atoms with van der Waals surface area (Å²) in [5.41, 5.74) is 2.74. The Morgan fingerprint density at radius 1 is 1.28 bits per heavy atom. The predicted octanol–water partition coefficient (Wildman–Crippen LogP) is 3.42. The number of hydrogen-bond acceptors (Lipinski definition) is 2. The molecule has 1 fully saturated rings. The monoisotopic (exact) mass is 247 g/mol. The average Bonchev–Trinajstić information content (AvgIpc) is 2.31. The summed E-state index contributed by atoms with van der Waals surface area (Å²) in [5, 5.41) is 3.40. The minimum atomic E-state index is 0.128. The molecule has 0 spiro atoms. The van der Waals surface area contributed by atoms with Crippen LogP contribution in [0.2, 0.25) is 0 Å². The van der Waals surface area contributed by atoms with Crippen molar-refractivity contribution in [3.05, 3.63) is 29.3 Å². The Kier molecular flexibility index (Phi) is 3.96. The van der Waals surface area contributed by atoms with Crippen LogP contribution in [0.4, 0.5) is 0 Å². The molecule has 1 N–H and O–H groups in total. The van der Waals surface area contributed by atoms with Gasteiger partial charge in [-0.15, -0.1) is 0 Å². The van der Waals surface area contributed by atoms with Gasteiger partial charge in [0.05, 0.1) is 0 Å². The maximum Gasteiger partial charge on any atom is 0.123 e. The molecule has 2 heteroatoms. The van der Waals surface area contributed by atoms with E-state index < -0.39 is 0 Å². The van der Waals surface area contributed by atoms with Gasteiger partial charge in [0, 0.05) is 6.54 Å². The van der Waals surface area contributed by atoms with Gasteiger partial charge >= 0.3 is 0 Å². The fourth-order valence-electron chi connectivity index (χ4n) is 2.43. The van der Waals surface area contributed by atoms with Crippen molar-refractivity contribution in [3.63, 3.8) is 0 Å². The number of nitrogens with one attached hydrogen (secondary N) is 1. The molecule has 0 unspecified atom stereocenters. The van der Waals surface area contributed by atoms with Crippen LogP contribution in [-0.2, 0) is 5.41 Å². The second-order valence-corrected chi connectivity index (χ2v) is 6.34. The highest BCUT2D eigenvalue weighted by Crippen LogP contribution is 2.33. The van der Waals surface area contributed by atoms with Crippen LogP contribution in [0.15, 0.2) is 18.2 Å². The Labute approximate surface area is 111 Å². The maximum absolute atomic E-state index is 6.21. The normalized spacial score (nSPS) is 20.8. The molecule has 1 aromatic rings. The van der Waals surface area contributed by atoms with Crippen LogP contribution in [0.5, 0.6) is 5.75 Å². The van der Waals surface area contributed by atoms with Crippen LogP contribution in [-0.4, -0.2) is 19.2 Å². The number of benzene rings is 1. The molecule has 0 bridgehead atoms. The molecule has 0 radical (unpaired) electrons. The van der Waals surface area contributed by atoms with Crippen LogP contribution in [0, 0.1) is 6.92 Å². The molecule has 0 aliphatic carbocycles. The number of hydrogen-bond donors (Lipinski definition) is 1. The summed E-state index contributed by atoms with van der Waals surface area (Å²) in [4.78, 5) is 0. The van der Waals surface area contributed by atoms with Crippen LogP contribution >= 0.6 is 0 Å². The number of rotatable bonds is 2. The van der Waals surface area contributed by atoms with E-state index >= 15 is 0 Å². The van der Waals surface area contributed by atoms with Gasteiger partial charge in [-0.05, 0) is 43.4 Å². The Morgan fingerprint density at radius 3 is 2.67 bits per heavy atom. The molecular weight excluding hydrogens is 222 g/mol. The Bertz CT molecular complexity index is 400. The second-order valence-electron chi connectivity index (χ2n) is 6.34. The van der Waals surface area contributed by atoms with Crippen molar-refractivity contribution in [1.29, 1.82) is 0 Å². The van der Waals surface area contributed by atoms with E-state index in [1.165, 1.54) is 17.5 Å². The molecule has 1 aliphatic heterocycles. The summed E-state index contributed by atoms with van der Waals surface area (Å²) in [6, 6.07) is 6.52. The molecule has 1 aromatic carbocycles. The third-order valence-electron chi connectivity index (χ3n) is 3.49.